The van der Waals surface area contributed by atoms with E-state index in [1.165, 1.54) is 17.7 Å². The zero-order chi connectivity index (χ0) is 18.7. The molecule has 1 atom stereocenters. The summed E-state index contributed by atoms with van der Waals surface area (Å²) in [5.41, 5.74) is 8.03. The molecule has 144 valence electrons. The van der Waals surface area contributed by atoms with E-state index in [1.807, 2.05) is 12.1 Å². The highest BCUT2D eigenvalue weighted by molar-refractivity contribution is 6.01. The number of nitro benzene ring substituents is 1. The number of carbonyl (C=O) groups is 1. The van der Waals surface area contributed by atoms with E-state index in [4.69, 9.17) is 5.73 Å². The number of nitrogen functional groups attached to an aromatic ring is 1. The molecule has 3 N–H and O–H groups in total. The van der Waals surface area contributed by atoms with Crippen LogP contribution in [0.2, 0.25) is 0 Å². The molecular formula is C19H23ClN4O3. The van der Waals surface area contributed by atoms with Gasteiger partial charge in [0.15, 0.2) is 0 Å². The summed E-state index contributed by atoms with van der Waals surface area (Å²) in [5.74, 6) is -0.280. The number of nitrogens with two attached hydrogens (primary N) is 1. The Morgan fingerprint density at radius 1 is 1.30 bits per heavy atom. The van der Waals surface area contributed by atoms with Gasteiger partial charge in [0.05, 0.1) is 16.5 Å². The highest BCUT2D eigenvalue weighted by Gasteiger charge is 2.31. The molecule has 7 nitrogen and oxygen atoms in total. The normalized spacial score (nSPS) is 16.5. The van der Waals surface area contributed by atoms with Gasteiger partial charge in [-0.05, 0) is 23.6 Å². The number of rotatable bonds is 4. The maximum absolute atomic E-state index is 13.1. The number of halogens is 1. The van der Waals surface area contributed by atoms with Gasteiger partial charge in [-0.25, -0.2) is 0 Å². The predicted octanol–water partition coefficient (Wildman–Crippen LogP) is 2.95. The fourth-order valence-electron chi connectivity index (χ4n) is 3.27. The van der Waals surface area contributed by atoms with Crippen molar-refractivity contribution < 1.29 is 9.72 Å². The molecule has 1 heterocycles. The second kappa shape index (κ2) is 8.83. The monoisotopic (exact) mass is 390 g/mol. The van der Waals surface area contributed by atoms with Gasteiger partial charge in [0.25, 0.3) is 11.6 Å². The molecule has 0 aliphatic carbocycles. The average Bonchev–Trinajstić information content (AvgIpc) is 2.67. The maximum Gasteiger partial charge on any atom is 0.292 e. The summed E-state index contributed by atoms with van der Waals surface area (Å²) >= 11 is 0. The molecule has 1 saturated heterocycles. The number of amides is 1. The first kappa shape index (κ1) is 20.7. The predicted molar refractivity (Wildman–Crippen MR) is 107 cm³/mol. The van der Waals surface area contributed by atoms with E-state index < -0.39 is 4.92 Å². The first-order valence-electron chi connectivity index (χ1n) is 8.66. The number of hydrogen-bond donors (Lipinski definition) is 2. The molecule has 0 radical (unpaired) electrons. The van der Waals surface area contributed by atoms with Crippen molar-refractivity contribution in [3.63, 3.8) is 0 Å². The number of piperazine rings is 1. The molecule has 27 heavy (non-hydrogen) atoms. The quantitative estimate of drug-likeness (QED) is 0.474. The van der Waals surface area contributed by atoms with Gasteiger partial charge in [-0.15, -0.1) is 12.4 Å². The summed E-state index contributed by atoms with van der Waals surface area (Å²) in [6.07, 6.45) is 0.954. The Bertz CT molecular complexity index is 826. The molecule has 0 bridgehead atoms. The molecule has 2 aromatic rings. The second-order valence-electron chi connectivity index (χ2n) is 6.31. The number of carbonyl (C=O) groups excluding carboxylic acids is 1. The number of hydrogen-bond acceptors (Lipinski definition) is 5. The molecule has 0 spiro atoms. The fourth-order valence-corrected chi connectivity index (χ4v) is 3.27. The van der Waals surface area contributed by atoms with Crippen LogP contribution in [0.25, 0.3) is 0 Å². The van der Waals surface area contributed by atoms with Crippen LogP contribution < -0.4 is 11.1 Å². The Morgan fingerprint density at radius 3 is 2.63 bits per heavy atom. The number of nitro groups is 1. The van der Waals surface area contributed by atoms with E-state index in [-0.39, 0.29) is 41.3 Å². The van der Waals surface area contributed by atoms with E-state index in [0.717, 1.165) is 12.0 Å². The van der Waals surface area contributed by atoms with Crippen LogP contribution in [0.15, 0.2) is 42.5 Å². The first-order chi connectivity index (χ1) is 12.5. The van der Waals surface area contributed by atoms with Gasteiger partial charge in [0.2, 0.25) is 0 Å². The second-order valence-corrected chi connectivity index (χ2v) is 6.31. The number of nitrogens with zero attached hydrogens (tertiary/aromatic N) is 2. The largest absolute Gasteiger partial charge is 0.393 e. The Labute approximate surface area is 164 Å². The van der Waals surface area contributed by atoms with Crippen LogP contribution in [0.5, 0.6) is 0 Å². The zero-order valence-corrected chi connectivity index (χ0v) is 15.9. The standard InChI is InChI=1S/C19H22N4O3.ClH/c1-2-13-6-8-14(9-7-13)17-12-21-10-11-22(17)19(24)15-4-3-5-16(18(15)20)23(25)26;/h3-9,17,21H,2,10-12,20H2,1H3;1H. The van der Waals surface area contributed by atoms with Gasteiger partial charge < -0.3 is 16.0 Å². The third-order valence-corrected chi connectivity index (χ3v) is 4.79. The van der Waals surface area contributed by atoms with Crippen LogP contribution in [-0.2, 0) is 6.42 Å². The summed E-state index contributed by atoms with van der Waals surface area (Å²) in [6.45, 7) is 3.91. The van der Waals surface area contributed by atoms with Crippen molar-refractivity contribution >= 4 is 29.7 Å². The topological polar surface area (TPSA) is 102 Å². The molecule has 0 aromatic heterocycles. The molecule has 3 rings (SSSR count). The lowest BCUT2D eigenvalue weighted by Crippen LogP contribution is -2.48. The number of para-hydroxylation sites is 1. The summed E-state index contributed by atoms with van der Waals surface area (Å²) < 4.78 is 0. The van der Waals surface area contributed by atoms with Gasteiger partial charge in [-0.2, -0.15) is 0 Å². The van der Waals surface area contributed by atoms with Crippen molar-refractivity contribution in [1.29, 1.82) is 0 Å². The molecule has 8 heteroatoms. The first-order valence-corrected chi connectivity index (χ1v) is 8.66. The van der Waals surface area contributed by atoms with Crippen molar-refractivity contribution in [2.24, 2.45) is 0 Å². The van der Waals surface area contributed by atoms with E-state index in [2.05, 4.69) is 24.4 Å². The molecule has 2 aromatic carbocycles. The molecular weight excluding hydrogens is 368 g/mol. The van der Waals surface area contributed by atoms with Gasteiger partial charge in [-0.3, -0.25) is 14.9 Å². The van der Waals surface area contributed by atoms with Gasteiger partial charge >= 0.3 is 0 Å². The minimum absolute atomic E-state index is 0. The summed E-state index contributed by atoms with van der Waals surface area (Å²) in [6, 6.07) is 12.4. The van der Waals surface area contributed by atoms with E-state index in [0.29, 0.717) is 19.6 Å². The lowest BCUT2D eigenvalue weighted by Gasteiger charge is -2.37. The van der Waals surface area contributed by atoms with Gasteiger partial charge in [0.1, 0.15) is 5.69 Å². The smallest absolute Gasteiger partial charge is 0.292 e. The SMILES string of the molecule is CCc1ccc(C2CNCCN2C(=O)c2cccc([N+](=O)[O-])c2N)cc1.Cl. The molecule has 1 fully saturated rings. The highest BCUT2D eigenvalue weighted by Crippen LogP contribution is 2.30. The third-order valence-electron chi connectivity index (χ3n) is 4.79. The van der Waals surface area contributed by atoms with Crippen molar-refractivity contribution in [3.8, 4) is 0 Å². The van der Waals surface area contributed by atoms with Crippen molar-refractivity contribution in [2.45, 2.75) is 19.4 Å². The van der Waals surface area contributed by atoms with Crippen LogP contribution in [0.4, 0.5) is 11.4 Å². The van der Waals surface area contributed by atoms with Crippen LogP contribution in [-0.4, -0.2) is 35.4 Å². The van der Waals surface area contributed by atoms with E-state index in [1.54, 1.807) is 11.0 Å². The van der Waals surface area contributed by atoms with E-state index in [9.17, 15) is 14.9 Å². The highest BCUT2D eigenvalue weighted by atomic mass is 35.5. The minimum atomic E-state index is -0.565. The Hall–Kier alpha value is -2.64. The van der Waals surface area contributed by atoms with Crippen LogP contribution >= 0.6 is 12.4 Å². The Balaban J connectivity index is 0.00000261. The van der Waals surface area contributed by atoms with Crippen molar-refractivity contribution in [3.05, 3.63) is 69.3 Å². The fraction of sp³-hybridized carbons (Fsp3) is 0.316. The minimum Gasteiger partial charge on any atom is -0.393 e. The zero-order valence-electron chi connectivity index (χ0n) is 15.1. The van der Waals surface area contributed by atoms with E-state index >= 15 is 0 Å². The molecule has 1 aliphatic heterocycles. The lowest BCUT2D eigenvalue weighted by molar-refractivity contribution is -0.383. The Kier molecular flexibility index (Phi) is 6.76. The third kappa shape index (κ3) is 4.20. The number of nitrogens with one attached hydrogen (secondary N) is 1. The number of anilines is 1. The molecule has 0 saturated carbocycles. The summed E-state index contributed by atoms with van der Waals surface area (Å²) in [5, 5.41) is 14.4. The summed E-state index contributed by atoms with van der Waals surface area (Å²) in [7, 11) is 0. The van der Waals surface area contributed by atoms with Gasteiger partial charge in [-0.1, -0.05) is 37.3 Å². The number of benzene rings is 2. The summed E-state index contributed by atoms with van der Waals surface area (Å²) in [4.78, 5) is 25.4. The van der Waals surface area contributed by atoms with Crippen LogP contribution in [0.1, 0.15) is 34.5 Å². The molecule has 1 unspecified atom stereocenters. The Morgan fingerprint density at radius 2 is 2.00 bits per heavy atom. The maximum atomic E-state index is 13.1. The van der Waals surface area contributed by atoms with Crippen molar-refractivity contribution in [1.82, 2.24) is 10.2 Å². The van der Waals surface area contributed by atoms with Crippen LogP contribution in [0, 0.1) is 10.1 Å². The number of aryl methyl sites for hydroxylation is 1. The van der Waals surface area contributed by atoms with Crippen LogP contribution in [0.3, 0.4) is 0 Å². The average molecular weight is 391 g/mol. The lowest BCUT2D eigenvalue weighted by atomic mass is 9.99. The van der Waals surface area contributed by atoms with Gasteiger partial charge in [0, 0.05) is 25.7 Å². The van der Waals surface area contributed by atoms with Crippen molar-refractivity contribution in [2.75, 3.05) is 25.4 Å². The molecule has 1 aliphatic rings. The molecule has 1 amide bonds.